The van der Waals surface area contributed by atoms with Gasteiger partial charge in [0.1, 0.15) is 6.07 Å². The first-order valence-electron chi connectivity index (χ1n) is 7.66. The molecular formula is C17H23N3OS. The number of thioether (sulfide) groups is 1. The summed E-state index contributed by atoms with van der Waals surface area (Å²) in [6.07, 6.45) is 6.35. The highest BCUT2D eigenvalue weighted by atomic mass is 32.2. The summed E-state index contributed by atoms with van der Waals surface area (Å²) >= 11 is 1.95. The van der Waals surface area contributed by atoms with Crippen LogP contribution in [0.3, 0.4) is 0 Å². The fourth-order valence-corrected chi connectivity index (χ4v) is 3.68. The van der Waals surface area contributed by atoms with Crippen molar-refractivity contribution in [2.24, 2.45) is 0 Å². The van der Waals surface area contributed by atoms with E-state index in [0.29, 0.717) is 23.7 Å². The SMILES string of the molecule is CS[C@@H]1CC[C@@H](N(C)CCC(=O)Nc2ccccc2C#N)C1. The number of carbonyl (C=O) groups is 1. The van der Waals surface area contributed by atoms with Crippen LogP contribution in [0.4, 0.5) is 5.69 Å². The van der Waals surface area contributed by atoms with E-state index in [4.69, 9.17) is 5.26 Å². The second-order valence-electron chi connectivity index (χ2n) is 5.76. The van der Waals surface area contributed by atoms with Gasteiger partial charge in [-0.3, -0.25) is 4.79 Å². The standard InChI is InChI=1S/C17H23N3OS/c1-20(14-7-8-15(11-14)22-2)10-9-17(21)19-16-6-4-3-5-13(16)12-18/h3-6,14-15H,7-11H2,1-2H3,(H,19,21)/t14-,15-/m1/s1. The first-order chi connectivity index (χ1) is 10.6. The maximum Gasteiger partial charge on any atom is 0.225 e. The van der Waals surface area contributed by atoms with Gasteiger partial charge in [0.15, 0.2) is 0 Å². The number of para-hydroxylation sites is 1. The predicted octanol–water partition coefficient (Wildman–Crippen LogP) is 3.10. The molecule has 118 valence electrons. The third-order valence-corrected chi connectivity index (χ3v) is 5.42. The number of hydrogen-bond donors (Lipinski definition) is 1. The fourth-order valence-electron chi connectivity index (χ4n) is 2.89. The Balaban J connectivity index is 1.79. The molecular weight excluding hydrogens is 294 g/mol. The van der Waals surface area contributed by atoms with E-state index < -0.39 is 0 Å². The first-order valence-corrected chi connectivity index (χ1v) is 8.95. The van der Waals surface area contributed by atoms with Gasteiger partial charge in [-0.15, -0.1) is 0 Å². The molecule has 0 aromatic heterocycles. The zero-order chi connectivity index (χ0) is 15.9. The van der Waals surface area contributed by atoms with E-state index in [-0.39, 0.29) is 5.91 Å². The van der Waals surface area contributed by atoms with Gasteiger partial charge in [0.05, 0.1) is 11.3 Å². The van der Waals surface area contributed by atoms with Crippen molar-refractivity contribution >= 4 is 23.4 Å². The molecule has 1 saturated carbocycles. The molecule has 1 aliphatic rings. The smallest absolute Gasteiger partial charge is 0.225 e. The van der Waals surface area contributed by atoms with Crippen LogP contribution < -0.4 is 5.32 Å². The van der Waals surface area contributed by atoms with Crippen molar-refractivity contribution in [3.63, 3.8) is 0 Å². The molecule has 2 rings (SSSR count). The summed E-state index contributed by atoms with van der Waals surface area (Å²) in [5, 5.41) is 12.6. The number of nitrogens with one attached hydrogen (secondary N) is 1. The first kappa shape index (κ1) is 16.9. The van der Waals surface area contributed by atoms with Gasteiger partial charge in [-0.2, -0.15) is 17.0 Å². The molecule has 1 aromatic carbocycles. The molecule has 2 atom stereocenters. The lowest BCUT2D eigenvalue weighted by molar-refractivity contribution is -0.116. The summed E-state index contributed by atoms with van der Waals surface area (Å²) in [4.78, 5) is 14.4. The van der Waals surface area contributed by atoms with Gasteiger partial charge in [0.25, 0.3) is 0 Å². The van der Waals surface area contributed by atoms with Crippen molar-refractivity contribution in [2.75, 3.05) is 25.2 Å². The van der Waals surface area contributed by atoms with Gasteiger partial charge in [0, 0.05) is 24.3 Å². The van der Waals surface area contributed by atoms with E-state index in [9.17, 15) is 4.79 Å². The number of hydrogen-bond acceptors (Lipinski definition) is 4. The molecule has 1 aromatic rings. The number of nitrogens with zero attached hydrogens (tertiary/aromatic N) is 2. The lowest BCUT2D eigenvalue weighted by Gasteiger charge is -2.24. The summed E-state index contributed by atoms with van der Waals surface area (Å²) in [5.41, 5.74) is 1.10. The molecule has 1 aliphatic carbocycles. The van der Waals surface area contributed by atoms with Crippen molar-refractivity contribution < 1.29 is 4.79 Å². The number of amides is 1. The van der Waals surface area contributed by atoms with Crippen molar-refractivity contribution in [2.45, 2.75) is 37.0 Å². The molecule has 1 fully saturated rings. The van der Waals surface area contributed by atoms with Gasteiger partial charge < -0.3 is 10.2 Å². The van der Waals surface area contributed by atoms with E-state index in [1.165, 1.54) is 19.3 Å². The summed E-state index contributed by atoms with van der Waals surface area (Å²) in [6.45, 7) is 0.756. The number of rotatable bonds is 6. The van der Waals surface area contributed by atoms with Crippen LogP contribution in [0, 0.1) is 11.3 Å². The van der Waals surface area contributed by atoms with Crippen LogP contribution in [0.25, 0.3) is 0 Å². The highest BCUT2D eigenvalue weighted by Gasteiger charge is 2.26. The van der Waals surface area contributed by atoms with Crippen molar-refractivity contribution in [1.82, 2.24) is 4.90 Å². The molecule has 0 heterocycles. The Morgan fingerprint density at radius 1 is 1.45 bits per heavy atom. The molecule has 0 saturated heterocycles. The molecule has 22 heavy (non-hydrogen) atoms. The molecule has 1 amide bonds. The molecule has 0 bridgehead atoms. The maximum absolute atomic E-state index is 12.1. The fraction of sp³-hybridized carbons (Fsp3) is 0.529. The average molecular weight is 317 g/mol. The molecule has 0 unspecified atom stereocenters. The predicted molar refractivity (Wildman–Crippen MR) is 92.0 cm³/mol. The third kappa shape index (κ3) is 4.49. The second-order valence-corrected chi connectivity index (χ2v) is 6.90. The monoisotopic (exact) mass is 317 g/mol. The van der Waals surface area contributed by atoms with Crippen molar-refractivity contribution in [3.05, 3.63) is 29.8 Å². The largest absolute Gasteiger partial charge is 0.325 e. The minimum atomic E-state index is -0.0334. The number of benzene rings is 1. The molecule has 1 N–H and O–H groups in total. The van der Waals surface area contributed by atoms with Crippen LogP contribution in [0.15, 0.2) is 24.3 Å². The van der Waals surface area contributed by atoms with Gasteiger partial charge in [0.2, 0.25) is 5.91 Å². The van der Waals surface area contributed by atoms with Gasteiger partial charge >= 0.3 is 0 Å². The Kier molecular flexibility index (Phi) is 6.29. The number of carbonyl (C=O) groups excluding carboxylic acids is 1. The number of nitriles is 1. The van der Waals surface area contributed by atoms with Gasteiger partial charge in [-0.05, 0) is 44.7 Å². The molecule has 0 aliphatic heterocycles. The minimum Gasteiger partial charge on any atom is -0.325 e. The van der Waals surface area contributed by atoms with E-state index in [2.05, 4.69) is 29.6 Å². The normalized spacial score (nSPS) is 20.8. The van der Waals surface area contributed by atoms with Crippen LogP contribution >= 0.6 is 11.8 Å². The van der Waals surface area contributed by atoms with Crippen LogP contribution in [0.1, 0.15) is 31.2 Å². The molecule has 4 nitrogen and oxygen atoms in total. The quantitative estimate of drug-likeness (QED) is 0.876. The highest BCUT2D eigenvalue weighted by molar-refractivity contribution is 7.99. The Bertz CT molecular complexity index is 555. The average Bonchev–Trinajstić information content (AvgIpc) is 3.02. The summed E-state index contributed by atoms with van der Waals surface area (Å²) in [5.74, 6) is -0.0334. The molecule has 0 radical (unpaired) electrons. The number of anilines is 1. The zero-order valence-electron chi connectivity index (χ0n) is 13.2. The summed E-state index contributed by atoms with van der Waals surface area (Å²) < 4.78 is 0. The van der Waals surface area contributed by atoms with E-state index in [1.807, 2.05) is 17.8 Å². The zero-order valence-corrected chi connectivity index (χ0v) is 14.0. The van der Waals surface area contributed by atoms with E-state index in [1.54, 1.807) is 18.2 Å². The van der Waals surface area contributed by atoms with Crippen LogP contribution in [0.2, 0.25) is 0 Å². The second kappa shape index (κ2) is 8.21. The Morgan fingerprint density at radius 3 is 2.91 bits per heavy atom. The van der Waals surface area contributed by atoms with E-state index in [0.717, 1.165) is 11.8 Å². The van der Waals surface area contributed by atoms with E-state index >= 15 is 0 Å². The summed E-state index contributed by atoms with van der Waals surface area (Å²) in [6, 6.07) is 9.78. The third-order valence-electron chi connectivity index (χ3n) is 4.33. The summed E-state index contributed by atoms with van der Waals surface area (Å²) in [7, 11) is 2.10. The minimum absolute atomic E-state index is 0.0334. The van der Waals surface area contributed by atoms with Gasteiger partial charge in [-0.1, -0.05) is 12.1 Å². The van der Waals surface area contributed by atoms with Crippen molar-refractivity contribution in [1.29, 1.82) is 5.26 Å². The Hall–Kier alpha value is -1.51. The Morgan fingerprint density at radius 2 is 2.23 bits per heavy atom. The molecule has 0 spiro atoms. The van der Waals surface area contributed by atoms with Crippen molar-refractivity contribution in [3.8, 4) is 6.07 Å². The van der Waals surface area contributed by atoms with Crippen LogP contribution in [-0.2, 0) is 4.79 Å². The molecule has 5 heteroatoms. The topological polar surface area (TPSA) is 56.1 Å². The Labute approximate surface area is 136 Å². The highest BCUT2D eigenvalue weighted by Crippen LogP contribution is 2.30. The lowest BCUT2D eigenvalue weighted by atomic mass is 10.2. The maximum atomic E-state index is 12.1. The van der Waals surface area contributed by atoms with Crippen LogP contribution in [-0.4, -0.2) is 41.9 Å². The van der Waals surface area contributed by atoms with Gasteiger partial charge in [-0.25, -0.2) is 0 Å². The van der Waals surface area contributed by atoms with Crippen LogP contribution in [0.5, 0.6) is 0 Å². The lowest BCUT2D eigenvalue weighted by Crippen LogP contribution is -2.32.